The number of nitrogens with two attached hydrogens (primary N) is 1. The molecule has 0 aliphatic carbocycles. The first-order chi connectivity index (χ1) is 11.3. The second-order valence-corrected chi connectivity index (χ2v) is 6.44. The summed E-state index contributed by atoms with van der Waals surface area (Å²) in [7, 11) is 0. The topological polar surface area (TPSA) is 88.3 Å². The highest BCUT2D eigenvalue weighted by atomic mass is 32.1. The third-order valence-electron chi connectivity index (χ3n) is 3.67. The van der Waals surface area contributed by atoms with E-state index in [9.17, 15) is 22.8 Å². The van der Waals surface area contributed by atoms with Gasteiger partial charge >= 0.3 is 6.18 Å². The van der Waals surface area contributed by atoms with Crippen LogP contribution in [-0.2, 0) is 15.8 Å². The van der Waals surface area contributed by atoms with Crippen LogP contribution in [0.2, 0.25) is 0 Å². The highest BCUT2D eigenvalue weighted by molar-refractivity contribution is 7.22. The molecule has 1 fully saturated rings. The van der Waals surface area contributed by atoms with Gasteiger partial charge < -0.3 is 16.0 Å². The first-order valence-corrected chi connectivity index (χ1v) is 7.85. The molecule has 0 bridgehead atoms. The van der Waals surface area contributed by atoms with Crippen molar-refractivity contribution in [3.63, 3.8) is 0 Å². The number of fused-ring (bicyclic) bond motifs is 1. The van der Waals surface area contributed by atoms with E-state index in [0.29, 0.717) is 22.9 Å². The number of hydrogen-bond acceptors (Lipinski definition) is 5. The van der Waals surface area contributed by atoms with E-state index < -0.39 is 17.6 Å². The predicted octanol–water partition coefficient (Wildman–Crippen LogP) is 1.35. The van der Waals surface area contributed by atoms with Crippen LogP contribution in [-0.4, -0.2) is 36.4 Å². The summed E-state index contributed by atoms with van der Waals surface area (Å²) in [6.07, 6.45) is -4.46. The summed E-state index contributed by atoms with van der Waals surface area (Å²) in [5.41, 5.74) is 4.10. The molecule has 2 heterocycles. The van der Waals surface area contributed by atoms with Gasteiger partial charge in [-0.2, -0.15) is 13.2 Å². The number of aromatic nitrogens is 1. The Hall–Kier alpha value is -2.36. The number of rotatable bonds is 4. The number of para-hydroxylation sites is 1. The van der Waals surface area contributed by atoms with E-state index in [1.165, 1.54) is 6.07 Å². The van der Waals surface area contributed by atoms with Gasteiger partial charge in [-0.05, 0) is 12.1 Å². The number of anilines is 1. The van der Waals surface area contributed by atoms with Crippen LogP contribution >= 0.6 is 11.3 Å². The van der Waals surface area contributed by atoms with Crippen molar-refractivity contribution in [3.05, 3.63) is 23.8 Å². The average molecular weight is 358 g/mol. The first-order valence-electron chi connectivity index (χ1n) is 7.03. The Kier molecular flexibility index (Phi) is 4.08. The van der Waals surface area contributed by atoms with Gasteiger partial charge in [-0.3, -0.25) is 9.59 Å². The predicted molar refractivity (Wildman–Crippen MR) is 82.5 cm³/mol. The van der Waals surface area contributed by atoms with E-state index in [-0.39, 0.29) is 23.9 Å². The largest absolute Gasteiger partial charge is 0.418 e. The molecule has 0 unspecified atom stereocenters. The number of halogens is 3. The number of benzene rings is 1. The summed E-state index contributed by atoms with van der Waals surface area (Å²) in [5, 5.41) is 2.85. The first kappa shape index (κ1) is 16.5. The maximum atomic E-state index is 13.0. The molecule has 2 amide bonds. The van der Waals surface area contributed by atoms with Gasteiger partial charge in [0.15, 0.2) is 5.13 Å². The number of nitrogens with zero attached hydrogens (tertiary/aromatic N) is 2. The van der Waals surface area contributed by atoms with Gasteiger partial charge in [0.25, 0.3) is 0 Å². The third-order valence-corrected chi connectivity index (χ3v) is 4.75. The molecule has 6 nitrogen and oxygen atoms in total. The number of amides is 2. The standard InChI is InChI=1S/C14H13F3N4O2S/c15-14(16,17)8-2-1-3-9-11(8)20-13(24-9)21-5-7(6-21)12(23)19-4-10(18)22/h1-3,7H,4-6H2,(H2,18,22)(H,19,23). The number of thiazole rings is 1. The zero-order valence-corrected chi connectivity index (χ0v) is 13.1. The molecule has 1 saturated heterocycles. The second-order valence-electron chi connectivity index (χ2n) is 5.43. The van der Waals surface area contributed by atoms with E-state index in [1.54, 1.807) is 11.0 Å². The van der Waals surface area contributed by atoms with Crippen molar-refractivity contribution in [1.29, 1.82) is 0 Å². The molecule has 1 aromatic heterocycles. The summed E-state index contributed by atoms with van der Waals surface area (Å²) in [6.45, 7) is 0.447. The third kappa shape index (κ3) is 3.14. The fourth-order valence-electron chi connectivity index (χ4n) is 2.42. The fourth-order valence-corrected chi connectivity index (χ4v) is 3.43. The summed E-state index contributed by atoms with van der Waals surface area (Å²) in [5.74, 6) is -1.27. The molecule has 0 saturated carbocycles. The van der Waals surface area contributed by atoms with Crippen LogP contribution in [0, 0.1) is 5.92 Å². The maximum absolute atomic E-state index is 13.0. The molecule has 3 rings (SSSR count). The summed E-state index contributed by atoms with van der Waals surface area (Å²) >= 11 is 1.15. The van der Waals surface area contributed by atoms with Crippen molar-refractivity contribution < 1.29 is 22.8 Å². The number of alkyl halides is 3. The number of nitrogens with one attached hydrogen (secondary N) is 1. The minimum absolute atomic E-state index is 0.0772. The maximum Gasteiger partial charge on any atom is 0.418 e. The minimum atomic E-state index is -4.46. The molecule has 1 aliphatic rings. The van der Waals surface area contributed by atoms with Crippen molar-refractivity contribution >= 4 is 38.5 Å². The normalized spacial score (nSPS) is 15.4. The molecule has 2 aromatic rings. The van der Waals surface area contributed by atoms with Crippen LogP contribution in [0.25, 0.3) is 10.2 Å². The number of hydrogen-bond donors (Lipinski definition) is 2. The Labute approximate surface area is 138 Å². The summed E-state index contributed by atoms with van der Waals surface area (Å²) < 4.78 is 39.5. The van der Waals surface area contributed by atoms with Crippen LogP contribution in [0.4, 0.5) is 18.3 Å². The molecule has 3 N–H and O–H groups in total. The monoisotopic (exact) mass is 358 g/mol. The van der Waals surface area contributed by atoms with E-state index >= 15 is 0 Å². The Morgan fingerprint density at radius 1 is 1.38 bits per heavy atom. The second kappa shape index (κ2) is 5.93. The summed E-state index contributed by atoms with van der Waals surface area (Å²) in [6, 6.07) is 3.94. The highest BCUT2D eigenvalue weighted by Crippen LogP contribution is 2.39. The lowest BCUT2D eigenvalue weighted by Gasteiger charge is -2.37. The van der Waals surface area contributed by atoms with E-state index in [2.05, 4.69) is 10.3 Å². The molecule has 24 heavy (non-hydrogen) atoms. The van der Waals surface area contributed by atoms with Gasteiger partial charge in [-0.1, -0.05) is 17.4 Å². The molecule has 1 aliphatic heterocycles. The van der Waals surface area contributed by atoms with Crippen molar-refractivity contribution in [1.82, 2.24) is 10.3 Å². The zero-order chi connectivity index (χ0) is 17.5. The van der Waals surface area contributed by atoms with E-state index in [4.69, 9.17) is 5.73 Å². The Morgan fingerprint density at radius 3 is 2.71 bits per heavy atom. The number of primary amides is 1. The van der Waals surface area contributed by atoms with Crippen molar-refractivity contribution in [3.8, 4) is 0 Å². The van der Waals surface area contributed by atoms with Gasteiger partial charge in [0.05, 0.1) is 28.2 Å². The van der Waals surface area contributed by atoms with Crippen LogP contribution in [0.1, 0.15) is 5.56 Å². The molecular weight excluding hydrogens is 345 g/mol. The lowest BCUT2D eigenvalue weighted by molar-refractivity contribution is -0.136. The van der Waals surface area contributed by atoms with Gasteiger partial charge in [-0.15, -0.1) is 0 Å². The van der Waals surface area contributed by atoms with Crippen LogP contribution in [0.5, 0.6) is 0 Å². The SMILES string of the molecule is NC(=O)CNC(=O)C1CN(c2nc3c(C(F)(F)F)cccc3s2)C1. The Balaban J connectivity index is 1.72. The highest BCUT2D eigenvalue weighted by Gasteiger charge is 2.37. The van der Waals surface area contributed by atoms with E-state index in [0.717, 1.165) is 17.4 Å². The van der Waals surface area contributed by atoms with Crippen molar-refractivity contribution in [2.45, 2.75) is 6.18 Å². The molecule has 128 valence electrons. The number of carbonyl (C=O) groups is 2. The van der Waals surface area contributed by atoms with Crippen LogP contribution in [0.15, 0.2) is 18.2 Å². The molecular formula is C14H13F3N4O2S. The van der Waals surface area contributed by atoms with Gasteiger partial charge in [-0.25, -0.2) is 4.98 Å². The molecule has 10 heteroatoms. The average Bonchev–Trinajstić information content (AvgIpc) is 2.85. The lowest BCUT2D eigenvalue weighted by Crippen LogP contribution is -2.54. The fraction of sp³-hybridized carbons (Fsp3) is 0.357. The van der Waals surface area contributed by atoms with Crippen LogP contribution < -0.4 is 16.0 Å². The molecule has 0 radical (unpaired) electrons. The zero-order valence-electron chi connectivity index (χ0n) is 12.3. The molecule has 0 spiro atoms. The minimum Gasteiger partial charge on any atom is -0.368 e. The van der Waals surface area contributed by atoms with Gasteiger partial charge in [0.2, 0.25) is 11.8 Å². The number of carbonyl (C=O) groups excluding carboxylic acids is 2. The molecule has 0 atom stereocenters. The summed E-state index contributed by atoms with van der Waals surface area (Å²) in [4.78, 5) is 28.2. The molecule has 1 aromatic carbocycles. The lowest BCUT2D eigenvalue weighted by atomic mass is 10.0. The van der Waals surface area contributed by atoms with Gasteiger partial charge in [0, 0.05) is 13.1 Å². The van der Waals surface area contributed by atoms with Crippen molar-refractivity contribution in [2.75, 3.05) is 24.5 Å². The van der Waals surface area contributed by atoms with E-state index in [1.807, 2.05) is 0 Å². The Bertz CT molecular complexity index is 799. The van der Waals surface area contributed by atoms with Crippen LogP contribution in [0.3, 0.4) is 0 Å². The van der Waals surface area contributed by atoms with Gasteiger partial charge in [0.1, 0.15) is 0 Å². The Morgan fingerprint density at radius 2 is 2.08 bits per heavy atom. The van der Waals surface area contributed by atoms with Crippen molar-refractivity contribution in [2.24, 2.45) is 11.7 Å². The quantitative estimate of drug-likeness (QED) is 0.864. The smallest absolute Gasteiger partial charge is 0.368 e.